The second kappa shape index (κ2) is 6.72. The molecule has 0 bridgehead atoms. The highest BCUT2D eigenvalue weighted by molar-refractivity contribution is 5.87. The summed E-state index contributed by atoms with van der Waals surface area (Å²) in [6.45, 7) is 0. The first kappa shape index (κ1) is 16.5. The maximum Gasteiger partial charge on any atom is 0.270 e. The van der Waals surface area contributed by atoms with Gasteiger partial charge in [-0.05, 0) is 36.4 Å². The third-order valence-corrected chi connectivity index (χ3v) is 3.97. The van der Waals surface area contributed by atoms with Gasteiger partial charge in [-0.1, -0.05) is 18.2 Å². The Bertz CT molecular complexity index is 1170. The van der Waals surface area contributed by atoms with Gasteiger partial charge >= 0.3 is 0 Å². The largest absolute Gasteiger partial charge is 0.507 e. The van der Waals surface area contributed by atoms with Gasteiger partial charge in [0, 0.05) is 29.5 Å². The van der Waals surface area contributed by atoms with Gasteiger partial charge < -0.3 is 9.52 Å². The quantitative estimate of drug-likeness (QED) is 0.318. The number of aromatic nitrogens is 1. The van der Waals surface area contributed by atoms with E-state index < -0.39 is 4.92 Å². The number of fused-ring (bicyclic) bond motifs is 1. The van der Waals surface area contributed by atoms with E-state index in [2.05, 4.69) is 9.98 Å². The number of nitrogens with zero attached hydrogens (tertiary/aromatic N) is 3. The van der Waals surface area contributed by atoms with Crippen molar-refractivity contribution in [3.8, 4) is 17.2 Å². The zero-order valence-corrected chi connectivity index (χ0v) is 13.9. The van der Waals surface area contributed by atoms with Crippen molar-refractivity contribution in [1.82, 2.24) is 4.98 Å². The van der Waals surface area contributed by atoms with Crippen LogP contribution in [0.1, 0.15) is 5.56 Å². The Hall–Kier alpha value is -4.00. The first-order chi connectivity index (χ1) is 13.1. The highest BCUT2D eigenvalue weighted by Gasteiger charge is 2.10. The molecule has 27 heavy (non-hydrogen) atoms. The van der Waals surface area contributed by atoms with Crippen LogP contribution < -0.4 is 0 Å². The molecule has 0 amide bonds. The van der Waals surface area contributed by atoms with Crippen molar-refractivity contribution in [2.24, 2.45) is 4.99 Å². The van der Waals surface area contributed by atoms with Gasteiger partial charge in [-0.25, -0.2) is 4.98 Å². The van der Waals surface area contributed by atoms with E-state index in [0.717, 1.165) is 5.56 Å². The minimum atomic E-state index is -0.524. The van der Waals surface area contributed by atoms with E-state index in [-0.39, 0.29) is 17.0 Å². The predicted octanol–water partition coefficient (Wildman–Crippen LogP) is 4.86. The third kappa shape index (κ3) is 3.38. The molecule has 0 atom stereocenters. The van der Waals surface area contributed by atoms with Crippen LogP contribution in [0.25, 0.3) is 22.6 Å². The lowest BCUT2D eigenvalue weighted by molar-refractivity contribution is -0.384. The molecular weight excluding hydrogens is 346 g/mol. The van der Waals surface area contributed by atoms with Crippen LogP contribution in [0.15, 0.2) is 76.1 Å². The smallest absolute Gasteiger partial charge is 0.270 e. The van der Waals surface area contributed by atoms with Crippen LogP contribution in [-0.4, -0.2) is 21.2 Å². The highest BCUT2D eigenvalue weighted by Crippen LogP contribution is 2.27. The predicted molar refractivity (Wildman–Crippen MR) is 101 cm³/mol. The van der Waals surface area contributed by atoms with E-state index in [0.29, 0.717) is 22.7 Å². The van der Waals surface area contributed by atoms with E-state index in [4.69, 9.17) is 4.42 Å². The summed E-state index contributed by atoms with van der Waals surface area (Å²) >= 11 is 0. The summed E-state index contributed by atoms with van der Waals surface area (Å²) in [7, 11) is 0. The monoisotopic (exact) mass is 359 g/mol. The van der Waals surface area contributed by atoms with Crippen LogP contribution in [0.3, 0.4) is 0 Å². The van der Waals surface area contributed by atoms with Gasteiger partial charge in [0.1, 0.15) is 11.3 Å². The van der Waals surface area contributed by atoms with Crippen LogP contribution in [0.2, 0.25) is 0 Å². The maximum atomic E-state index is 10.9. The molecule has 7 heteroatoms. The number of hydrogen-bond donors (Lipinski definition) is 1. The molecule has 4 aromatic rings. The summed E-state index contributed by atoms with van der Waals surface area (Å²) < 4.78 is 5.76. The minimum absolute atomic E-state index is 0.0850. The van der Waals surface area contributed by atoms with Crippen molar-refractivity contribution in [1.29, 1.82) is 0 Å². The molecule has 0 aliphatic carbocycles. The molecule has 0 saturated heterocycles. The van der Waals surface area contributed by atoms with E-state index in [1.165, 1.54) is 24.4 Å². The number of hydrogen-bond acceptors (Lipinski definition) is 6. The van der Waals surface area contributed by atoms with Gasteiger partial charge in [-0.2, -0.15) is 0 Å². The topological polar surface area (TPSA) is 102 Å². The van der Waals surface area contributed by atoms with Gasteiger partial charge in [0.25, 0.3) is 5.69 Å². The average molecular weight is 359 g/mol. The third-order valence-electron chi connectivity index (χ3n) is 3.97. The lowest BCUT2D eigenvalue weighted by atomic mass is 10.2. The molecule has 1 aromatic heterocycles. The fourth-order valence-electron chi connectivity index (χ4n) is 2.60. The Balaban J connectivity index is 1.66. The standard InChI is InChI=1S/C20H13N3O4/c24-18-8-7-16(23(25)26)10-14(18)12-21-15-6-9-19-17(11-15)22-20(27-19)13-4-2-1-3-5-13/h1-12,24H. The number of nitro benzene ring substituents is 1. The number of aliphatic imine (C=N–C) groups is 1. The van der Waals surface area contributed by atoms with E-state index in [1.807, 2.05) is 30.3 Å². The van der Waals surface area contributed by atoms with Crippen molar-refractivity contribution in [3.63, 3.8) is 0 Å². The number of aromatic hydroxyl groups is 1. The zero-order valence-electron chi connectivity index (χ0n) is 13.9. The molecule has 0 aliphatic rings. The van der Waals surface area contributed by atoms with Gasteiger partial charge in [0.05, 0.1) is 10.6 Å². The van der Waals surface area contributed by atoms with Gasteiger partial charge in [-0.3, -0.25) is 15.1 Å². The van der Waals surface area contributed by atoms with Crippen molar-refractivity contribution in [2.75, 3.05) is 0 Å². The van der Waals surface area contributed by atoms with Crippen LogP contribution in [0.5, 0.6) is 5.75 Å². The Morgan fingerprint density at radius 2 is 1.89 bits per heavy atom. The van der Waals surface area contributed by atoms with Crippen molar-refractivity contribution >= 4 is 28.7 Å². The van der Waals surface area contributed by atoms with Crippen molar-refractivity contribution < 1.29 is 14.4 Å². The molecule has 3 aromatic carbocycles. The lowest BCUT2D eigenvalue weighted by Gasteiger charge is -1.99. The number of oxazole rings is 1. The maximum absolute atomic E-state index is 10.9. The van der Waals surface area contributed by atoms with E-state index >= 15 is 0 Å². The van der Waals surface area contributed by atoms with Crippen LogP contribution in [0.4, 0.5) is 11.4 Å². The molecule has 0 fully saturated rings. The number of non-ortho nitro benzene ring substituents is 1. The average Bonchev–Trinajstić information content (AvgIpc) is 3.11. The number of rotatable bonds is 4. The molecular formula is C20H13N3O4. The summed E-state index contributed by atoms with van der Waals surface area (Å²) in [5, 5.41) is 20.7. The second-order valence-electron chi connectivity index (χ2n) is 5.80. The Morgan fingerprint density at radius 1 is 1.07 bits per heavy atom. The van der Waals surface area contributed by atoms with Crippen LogP contribution in [-0.2, 0) is 0 Å². The molecule has 0 unspecified atom stereocenters. The Kier molecular flexibility index (Phi) is 4.10. The normalized spacial score (nSPS) is 11.3. The second-order valence-corrected chi connectivity index (χ2v) is 5.80. The summed E-state index contributed by atoms with van der Waals surface area (Å²) in [5.74, 6) is 0.432. The number of benzene rings is 3. The minimum Gasteiger partial charge on any atom is -0.507 e. The first-order valence-corrected chi connectivity index (χ1v) is 8.08. The first-order valence-electron chi connectivity index (χ1n) is 8.08. The summed E-state index contributed by atoms with van der Waals surface area (Å²) in [6, 6.07) is 18.6. The molecule has 1 N–H and O–H groups in total. The molecule has 7 nitrogen and oxygen atoms in total. The van der Waals surface area contributed by atoms with Crippen LogP contribution in [0, 0.1) is 10.1 Å². The SMILES string of the molecule is O=[N+]([O-])c1ccc(O)c(C=Nc2ccc3oc(-c4ccccc4)nc3c2)c1. The number of phenolic OH excluding ortho intramolecular Hbond substituents is 1. The molecule has 132 valence electrons. The summed E-state index contributed by atoms with van der Waals surface area (Å²) in [4.78, 5) is 19.1. The number of phenols is 1. The number of nitro groups is 1. The van der Waals surface area contributed by atoms with Gasteiger partial charge in [-0.15, -0.1) is 0 Å². The molecule has 0 aliphatic heterocycles. The van der Waals surface area contributed by atoms with E-state index in [1.54, 1.807) is 18.2 Å². The zero-order chi connectivity index (χ0) is 18.8. The highest BCUT2D eigenvalue weighted by atomic mass is 16.6. The van der Waals surface area contributed by atoms with Crippen molar-refractivity contribution in [3.05, 3.63) is 82.4 Å². The molecule has 1 heterocycles. The van der Waals surface area contributed by atoms with Gasteiger partial charge in [0.15, 0.2) is 5.58 Å². The molecule has 0 saturated carbocycles. The lowest BCUT2D eigenvalue weighted by Crippen LogP contribution is -1.90. The Labute approximate surface area is 153 Å². The summed E-state index contributed by atoms with van der Waals surface area (Å²) in [5.41, 5.74) is 2.88. The fraction of sp³-hybridized carbons (Fsp3) is 0. The van der Waals surface area contributed by atoms with Crippen molar-refractivity contribution in [2.45, 2.75) is 0 Å². The van der Waals surface area contributed by atoms with Crippen LogP contribution >= 0.6 is 0 Å². The molecule has 0 spiro atoms. The van der Waals surface area contributed by atoms with E-state index in [9.17, 15) is 15.2 Å². The Morgan fingerprint density at radius 3 is 2.67 bits per heavy atom. The molecule has 4 rings (SSSR count). The summed E-state index contributed by atoms with van der Waals surface area (Å²) in [6.07, 6.45) is 1.38. The molecule has 0 radical (unpaired) electrons. The fourth-order valence-corrected chi connectivity index (χ4v) is 2.60. The van der Waals surface area contributed by atoms with Gasteiger partial charge in [0.2, 0.25) is 5.89 Å².